The molecule has 25 heavy (non-hydrogen) atoms. The van der Waals surface area contributed by atoms with Crippen molar-refractivity contribution in [2.24, 2.45) is 0 Å². The molecule has 0 aliphatic heterocycles. The van der Waals surface area contributed by atoms with Gasteiger partial charge >= 0.3 is 5.97 Å². The van der Waals surface area contributed by atoms with Crippen molar-refractivity contribution < 1.29 is 14.3 Å². The minimum absolute atomic E-state index is 0.342. The SMILES string of the molecule is O=C(COC(=O)c1ccc(-n2cccn2)cc1)Nc1cccc(I)c1. The van der Waals surface area contributed by atoms with Crippen molar-refractivity contribution in [2.45, 2.75) is 0 Å². The average Bonchev–Trinajstić information content (AvgIpc) is 3.14. The Balaban J connectivity index is 1.54. The van der Waals surface area contributed by atoms with Crippen LogP contribution in [0.15, 0.2) is 67.0 Å². The summed E-state index contributed by atoms with van der Waals surface area (Å²) in [6.07, 6.45) is 3.48. The fourth-order valence-electron chi connectivity index (χ4n) is 2.15. The molecule has 126 valence electrons. The van der Waals surface area contributed by atoms with Gasteiger partial charge in [-0.05, 0) is 71.1 Å². The lowest BCUT2D eigenvalue weighted by molar-refractivity contribution is -0.119. The van der Waals surface area contributed by atoms with Crippen LogP contribution in [0.25, 0.3) is 5.69 Å². The molecule has 0 bridgehead atoms. The summed E-state index contributed by atoms with van der Waals surface area (Å²) in [5.74, 6) is -0.937. The molecule has 3 aromatic rings. The monoisotopic (exact) mass is 447 g/mol. The molecule has 3 rings (SSSR count). The summed E-state index contributed by atoms with van der Waals surface area (Å²) in [5.41, 5.74) is 1.87. The van der Waals surface area contributed by atoms with Crippen molar-refractivity contribution in [2.75, 3.05) is 11.9 Å². The molecule has 1 aromatic heterocycles. The number of nitrogens with zero attached hydrogens (tertiary/aromatic N) is 2. The van der Waals surface area contributed by atoms with Gasteiger partial charge in [-0.15, -0.1) is 0 Å². The summed E-state index contributed by atoms with van der Waals surface area (Å²) in [5, 5.41) is 6.80. The summed E-state index contributed by atoms with van der Waals surface area (Å²) in [6, 6.07) is 16.0. The Hall–Kier alpha value is -2.68. The number of nitrogens with one attached hydrogen (secondary N) is 1. The highest BCUT2D eigenvalue weighted by Gasteiger charge is 2.11. The molecular weight excluding hydrogens is 433 g/mol. The highest BCUT2D eigenvalue weighted by molar-refractivity contribution is 14.1. The minimum atomic E-state index is -0.551. The number of halogens is 1. The van der Waals surface area contributed by atoms with Gasteiger partial charge in [-0.25, -0.2) is 9.48 Å². The highest BCUT2D eigenvalue weighted by Crippen LogP contribution is 2.13. The van der Waals surface area contributed by atoms with Gasteiger partial charge < -0.3 is 10.1 Å². The number of aromatic nitrogens is 2. The molecule has 2 aromatic carbocycles. The second kappa shape index (κ2) is 7.93. The minimum Gasteiger partial charge on any atom is -0.452 e. The molecule has 0 aliphatic carbocycles. The third kappa shape index (κ3) is 4.66. The van der Waals surface area contributed by atoms with E-state index in [0.717, 1.165) is 9.26 Å². The Morgan fingerprint density at radius 3 is 2.60 bits per heavy atom. The van der Waals surface area contributed by atoms with Crippen LogP contribution in [0.5, 0.6) is 0 Å². The zero-order valence-electron chi connectivity index (χ0n) is 13.1. The van der Waals surface area contributed by atoms with Crippen LogP contribution in [-0.2, 0) is 9.53 Å². The van der Waals surface area contributed by atoms with Crippen molar-refractivity contribution in [3.63, 3.8) is 0 Å². The molecule has 6 nitrogen and oxygen atoms in total. The molecule has 0 saturated carbocycles. The van der Waals surface area contributed by atoms with Crippen LogP contribution in [0.4, 0.5) is 5.69 Å². The average molecular weight is 447 g/mol. The molecule has 0 fully saturated rings. The lowest BCUT2D eigenvalue weighted by atomic mass is 10.2. The van der Waals surface area contributed by atoms with Crippen LogP contribution < -0.4 is 5.32 Å². The molecule has 1 amide bonds. The molecule has 0 radical (unpaired) electrons. The first-order valence-electron chi connectivity index (χ1n) is 7.44. The Morgan fingerprint density at radius 2 is 1.92 bits per heavy atom. The van der Waals surface area contributed by atoms with Gasteiger partial charge in [0.25, 0.3) is 5.91 Å². The first-order chi connectivity index (χ1) is 12.1. The second-order valence-corrected chi connectivity index (χ2v) is 6.38. The molecule has 1 heterocycles. The number of carbonyl (C=O) groups is 2. The zero-order valence-corrected chi connectivity index (χ0v) is 15.2. The van der Waals surface area contributed by atoms with Gasteiger partial charge in [0.2, 0.25) is 0 Å². The predicted octanol–water partition coefficient (Wildman–Crippen LogP) is 3.27. The van der Waals surface area contributed by atoms with E-state index < -0.39 is 5.97 Å². The molecule has 0 atom stereocenters. The predicted molar refractivity (Wildman–Crippen MR) is 102 cm³/mol. The maximum Gasteiger partial charge on any atom is 0.338 e. The van der Waals surface area contributed by atoms with Crippen molar-refractivity contribution >= 4 is 40.2 Å². The van der Waals surface area contributed by atoms with Crippen LogP contribution in [0.2, 0.25) is 0 Å². The Morgan fingerprint density at radius 1 is 1.12 bits per heavy atom. The van der Waals surface area contributed by atoms with E-state index in [2.05, 4.69) is 33.0 Å². The summed E-state index contributed by atoms with van der Waals surface area (Å²) < 4.78 is 7.74. The number of carbonyl (C=O) groups excluding carboxylic acids is 2. The molecule has 0 aliphatic rings. The van der Waals surface area contributed by atoms with E-state index in [0.29, 0.717) is 11.3 Å². The van der Waals surface area contributed by atoms with Crippen LogP contribution in [-0.4, -0.2) is 28.3 Å². The Kier molecular flexibility index (Phi) is 5.44. The highest BCUT2D eigenvalue weighted by atomic mass is 127. The normalized spacial score (nSPS) is 10.3. The molecule has 1 N–H and O–H groups in total. The third-order valence-electron chi connectivity index (χ3n) is 3.31. The number of anilines is 1. The van der Waals surface area contributed by atoms with Crippen molar-refractivity contribution in [3.05, 3.63) is 76.1 Å². The first kappa shape index (κ1) is 17.2. The fourth-order valence-corrected chi connectivity index (χ4v) is 2.69. The quantitative estimate of drug-likeness (QED) is 0.482. The van der Waals surface area contributed by atoms with E-state index in [9.17, 15) is 9.59 Å². The van der Waals surface area contributed by atoms with Crippen molar-refractivity contribution in [1.29, 1.82) is 0 Å². The fraction of sp³-hybridized carbons (Fsp3) is 0.0556. The topological polar surface area (TPSA) is 73.2 Å². The van der Waals surface area contributed by atoms with Crippen LogP contribution in [0, 0.1) is 3.57 Å². The maximum atomic E-state index is 12.0. The maximum absolute atomic E-state index is 12.0. The van der Waals surface area contributed by atoms with E-state index in [-0.39, 0.29) is 12.5 Å². The van der Waals surface area contributed by atoms with Gasteiger partial charge in [0.15, 0.2) is 6.61 Å². The standard InChI is InChI=1S/C18H14IN3O3/c19-14-3-1-4-15(11-14)21-17(23)12-25-18(24)13-5-7-16(8-6-13)22-10-2-9-20-22/h1-11H,12H2,(H,21,23). The van der Waals surface area contributed by atoms with Crippen LogP contribution >= 0.6 is 22.6 Å². The zero-order chi connectivity index (χ0) is 17.6. The number of hydrogen-bond acceptors (Lipinski definition) is 4. The summed E-state index contributed by atoms with van der Waals surface area (Å²) in [4.78, 5) is 23.9. The largest absolute Gasteiger partial charge is 0.452 e. The lowest BCUT2D eigenvalue weighted by Crippen LogP contribution is -2.21. The third-order valence-corrected chi connectivity index (χ3v) is 3.99. The van der Waals surface area contributed by atoms with Gasteiger partial charge in [-0.1, -0.05) is 6.07 Å². The molecule has 7 heteroatoms. The number of ether oxygens (including phenoxy) is 1. The van der Waals surface area contributed by atoms with Crippen molar-refractivity contribution in [1.82, 2.24) is 9.78 Å². The number of amides is 1. The van der Waals surface area contributed by atoms with Gasteiger partial charge in [0, 0.05) is 21.7 Å². The Labute approximate surface area is 157 Å². The van der Waals surface area contributed by atoms with Crippen LogP contribution in [0.1, 0.15) is 10.4 Å². The van der Waals surface area contributed by atoms with Crippen molar-refractivity contribution in [3.8, 4) is 5.69 Å². The number of rotatable bonds is 5. The summed E-state index contributed by atoms with van der Waals surface area (Å²) in [7, 11) is 0. The van der Waals surface area contributed by atoms with Crippen LogP contribution in [0.3, 0.4) is 0 Å². The first-order valence-corrected chi connectivity index (χ1v) is 8.52. The smallest absolute Gasteiger partial charge is 0.338 e. The molecule has 0 spiro atoms. The Bertz CT molecular complexity index is 877. The molecule has 0 saturated heterocycles. The van der Waals surface area contributed by atoms with E-state index in [4.69, 9.17) is 4.74 Å². The van der Waals surface area contributed by atoms with E-state index in [1.165, 1.54) is 0 Å². The lowest BCUT2D eigenvalue weighted by Gasteiger charge is -2.07. The second-order valence-electron chi connectivity index (χ2n) is 5.13. The summed E-state index contributed by atoms with van der Waals surface area (Å²) in [6.45, 7) is -0.342. The van der Waals surface area contributed by atoms with Gasteiger partial charge in [0.1, 0.15) is 0 Å². The molecular formula is C18H14IN3O3. The van der Waals surface area contributed by atoms with Gasteiger partial charge in [-0.3, -0.25) is 4.79 Å². The number of hydrogen-bond donors (Lipinski definition) is 1. The van der Waals surface area contributed by atoms with E-state index >= 15 is 0 Å². The van der Waals surface area contributed by atoms with E-state index in [1.807, 2.05) is 30.5 Å². The summed E-state index contributed by atoms with van der Waals surface area (Å²) >= 11 is 2.16. The molecule has 0 unspecified atom stereocenters. The van der Waals surface area contributed by atoms with Gasteiger partial charge in [0.05, 0.1) is 11.3 Å². The van der Waals surface area contributed by atoms with E-state index in [1.54, 1.807) is 41.2 Å². The number of esters is 1. The van der Waals surface area contributed by atoms with Gasteiger partial charge in [-0.2, -0.15) is 5.10 Å². The number of benzene rings is 2.